The van der Waals surface area contributed by atoms with Crippen LogP contribution < -0.4 is 14.8 Å². The van der Waals surface area contributed by atoms with Gasteiger partial charge in [-0.15, -0.1) is 0 Å². The Hall–Kier alpha value is -2.73. The van der Waals surface area contributed by atoms with E-state index in [4.69, 9.17) is 14.2 Å². The molecule has 0 bridgehead atoms. The summed E-state index contributed by atoms with van der Waals surface area (Å²) in [6.07, 6.45) is 0.375. The molecule has 2 aromatic carbocycles. The van der Waals surface area contributed by atoms with Gasteiger partial charge in [0.15, 0.2) is 0 Å². The molecule has 1 N–H and O–H groups in total. The number of carbonyl (C=O) groups excluding carboxylic acids is 1. The quantitative estimate of drug-likeness (QED) is 0.755. The maximum atomic E-state index is 12.8. The fraction of sp³-hybridized carbons (Fsp3) is 0.409. The lowest BCUT2D eigenvalue weighted by Gasteiger charge is -2.29. The lowest BCUT2D eigenvalue weighted by atomic mass is 10.0. The fourth-order valence-corrected chi connectivity index (χ4v) is 3.22. The summed E-state index contributed by atoms with van der Waals surface area (Å²) >= 11 is 0. The number of ether oxygens (including phenoxy) is 3. The molecule has 1 aliphatic rings. The Labute approximate surface area is 166 Å². The van der Waals surface area contributed by atoms with Crippen LogP contribution in [0.4, 0.5) is 5.69 Å². The molecule has 1 aliphatic heterocycles. The van der Waals surface area contributed by atoms with E-state index in [1.165, 1.54) is 0 Å². The van der Waals surface area contributed by atoms with Gasteiger partial charge in [0.1, 0.15) is 11.5 Å². The van der Waals surface area contributed by atoms with Gasteiger partial charge in [-0.25, -0.2) is 0 Å². The summed E-state index contributed by atoms with van der Waals surface area (Å²) in [6, 6.07) is 15.5. The van der Waals surface area contributed by atoms with Crippen molar-refractivity contribution in [3.05, 3.63) is 54.1 Å². The van der Waals surface area contributed by atoms with E-state index in [9.17, 15) is 4.79 Å². The molecule has 0 saturated carbocycles. The number of carbonyl (C=O) groups is 1. The number of benzene rings is 2. The number of amides is 1. The van der Waals surface area contributed by atoms with Crippen LogP contribution in [0.15, 0.2) is 48.5 Å². The summed E-state index contributed by atoms with van der Waals surface area (Å²) in [6.45, 7) is 5.09. The van der Waals surface area contributed by atoms with Gasteiger partial charge in [0.2, 0.25) is 5.91 Å². The highest BCUT2D eigenvalue weighted by atomic mass is 16.5. The molecule has 1 amide bonds. The molecule has 6 nitrogen and oxygen atoms in total. The minimum atomic E-state index is -0.139. The van der Waals surface area contributed by atoms with E-state index < -0.39 is 0 Å². The summed E-state index contributed by atoms with van der Waals surface area (Å²) in [4.78, 5) is 14.7. The van der Waals surface area contributed by atoms with E-state index in [1.807, 2.05) is 60.4 Å². The number of hydrogen-bond donors (Lipinski definition) is 1. The van der Waals surface area contributed by atoms with Gasteiger partial charge in [-0.3, -0.25) is 4.79 Å². The number of rotatable bonds is 8. The molecule has 28 heavy (non-hydrogen) atoms. The second-order valence-electron chi connectivity index (χ2n) is 6.62. The van der Waals surface area contributed by atoms with Gasteiger partial charge in [-0.05, 0) is 48.9 Å². The molecular formula is C22H28N2O4. The number of anilines is 1. The van der Waals surface area contributed by atoms with Crippen LogP contribution in [0, 0.1) is 0 Å². The van der Waals surface area contributed by atoms with Crippen LogP contribution in [0.5, 0.6) is 11.5 Å². The Kier molecular flexibility index (Phi) is 7.14. The Bertz CT molecular complexity index is 740. The first kappa shape index (κ1) is 20.0. The summed E-state index contributed by atoms with van der Waals surface area (Å²) in [5, 5.41) is 3.49. The van der Waals surface area contributed by atoms with E-state index in [2.05, 4.69) is 5.32 Å². The molecule has 1 fully saturated rings. The number of methoxy groups -OCH3 is 1. The maximum Gasteiger partial charge on any atom is 0.225 e. The molecule has 1 atom stereocenters. The van der Waals surface area contributed by atoms with Crippen molar-refractivity contribution >= 4 is 11.6 Å². The van der Waals surface area contributed by atoms with Crippen molar-refractivity contribution in [1.82, 2.24) is 4.90 Å². The molecule has 0 spiro atoms. The zero-order chi connectivity index (χ0) is 19.8. The van der Waals surface area contributed by atoms with Crippen molar-refractivity contribution in [2.75, 3.05) is 45.3 Å². The molecule has 3 rings (SSSR count). The molecule has 2 aromatic rings. The first-order valence-electron chi connectivity index (χ1n) is 9.68. The minimum Gasteiger partial charge on any atom is -0.497 e. The van der Waals surface area contributed by atoms with E-state index in [-0.39, 0.29) is 11.9 Å². The fourth-order valence-electron chi connectivity index (χ4n) is 3.22. The molecule has 1 heterocycles. The third-order valence-electron chi connectivity index (χ3n) is 4.77. The summed E-state index contributed by atoms with van der Waals surface area (Å²) in [5.41, 5.74) is 1.98. The van der Waals surface area contributed by atoms with Crippen LogP contribution in [-0.2, 0) is 9.53 Å². The van der Waals surface area contributed by atoms with E-state index in [0.717, 1.165) is 22.7 Å². The predicted molar refractivity (Wildman–Crippen MR) is 109 cm³/mol. The number of nitrogens with zero attached hydrogens (tertiary/aromatic N) is 1. The molecule has 0 aliphatic carbocycles. The average molecular weight is 384 g/mol. The van der Waals surface area contributed by atoms with Crippen LogP contribution in [0.3, 0.4) is 0 Å². The minimum absolute atomic E-state index is 0.128. The Morgan fingerprint density at radius 2 is 1.71 bits per heavy atom. The largest absolute Gasteiger partial charge is 0.497 e. The van der Waals surface area contributed by atoms with Crippen molar-refractivity contribution in [2.24, 2.45) is 0 Å². The average Bonchev–Trinajstić information content (AvgIpc) is 2.75. The Balaban J connectivity index is 1.76. The zero-order valence-electron chi connectivity index (χ0n) is 16.5. The van der Waals surface area contributed by atoms with Crippen LogP contribution in [-0.4, -0.2) is 50.8 Å². The van der Waals surface area contributed by atoms with Gasteiger partial charge in [0.05, 0.1) is 39.4 Å². The number of morpholine rings is 1. The van der Waals surface area contributed by atoms with Gasteiger partial charge in [0.25, 0.3) is 0 Å². The Morgan fingerprint density at radius 3 is 2.32 bits per heavy atom. The highest BCUT2D eigenvalue weighted by molar-refractivity contribution is 5.77. The molecule has 6 heteroatoms. The van der Waals surface area contributed by atoms with Crippen LogP contribution in [0.2, 0.25) is 0 Å². The molecule has 0 radical (unpaired) electrons. The standard InChI is InChI=1S/C22H28N2O4/c1-3-28-20-8-4-17(5-9-20)21(16-22(25)24-12-14-27-15-13-24)23-18-6-10-19(26-2)11-7-18/h4-11,21,23H,3,12-16H2,1-2H3. The third kappa shape index (κ3) is 5.39. The monoisotopic (exact) mass is 384 g/mol. The normalized spacial score (nSPS) is 15.0. The summed E-state index contributed by atoms with van der Waals surface area (Å²) < 4.78 is 16.1. The molecule has 1 unspecified atom stereocenters. The van der Waals surface area contributed by atoms with Gasteiger partial charge < -0.3 is 24.4 Å². The predicted octanol–water partition coefficient (Wildman–Crippen LogP) is 3.50. The second-order valence-corrected chi connectivity index (χ2v) is 6.62. The second kappa shape index (κ2) is 9.99. The first-order valence-corrected chi connectivity index (χ1v) is 9.68. The smallest absolute Gasteiger partial charge is 0.225 e. The first-order chi connectivity index (χ1) is 13.7. The van der Waals surface area contributed by atoms with Crippen molar-refractivity contribution < 1.29 is 19.0 Å². The highest BCUT2D eigenvalue weighted by Crippen LogP contribution is 2.27. The van der Waals surface area contributed by atoms with Gasteiger partial charge in [-0.2, -0.15) is 0 Å². The van der Waals surface area contributed by atoms with Crippen LogP contribution in [0.1, 0.15) is 24.9 Å². The molecule has 0 aromatic heterocycles. The molecule has 150 valence electrons. The van der Waals surface area contributed by atoms with Crippen molar-refractivity contribution in [2.45, 2.75) is 19.4 Å². The number of nitrogens with one attached hydrogen (secondary N) is 1. The van der Waals surface area contributed by atoms with Gasteiger partial charge in [-0.1, -0.05) is 12.1 Å². The Morgan fingerprint density at radius 1 is 1.07 bits per heavy atom. The highest BCUT2D eigenvalue weighted by Gasteiger charge is 2.22. The summed E-state index contributed by atoms with van der Waals surface area (Å²) in [5.74, 6) is 1.75. The van der Waals surface area contributed by atoms with Gasteiger partial charge >= 0.3 is 0 Å². The van der Waals surface area contributed by atoms with E-state index >= 15 is 0 Å². The molecular weight excluding hydrogens is 356 g/mol. The van der Waals surface area contributed by atoms with E-state index in [1.54, 1.807) is 7.11 Å². The third-order valence-corrected chi connectivity index (χ3v) is 4.77. The lowest BCUT2D eigenvalue weighted by molar-refractivity contribution is -0.135. The van der Waals surface area contributed by atoms with Crippen LogP contribution >= 0.6 is 0 Å². The topological polar surface area (TPSA) is 60.0 Å². The maximum absolute atomic E-state index is 12.8. The molecule has 1 saturated heterocycles. The van der Waals surface area contributed by atoms with Gasteiger partial charge in [0, 0.05) is 18.8 Å². The zero-order valence-corrected chi connectivity index (χ0v) is 16.5. The van der Waals surface area contributed by atoms with Crippen molar-refractivity contribution in [1.29, 1.82) is 0 Å². The van der Waals surface area contributed by atoms with Crippen LogP contribution in [0.25, 0.3) is 0 Å². The summed E-state index contributed by atoms with van der Waals surface area (Å²) in [7, 11) is 1.65. The van der Waals surface area contributed by atoms with Crippen molar-refractivity contribution in [3.63, 3.8) is 0 Å². The van der Waals surface area contributed by atoms with Crippen molar-refractivity contribution in [3.8, 4) is 11.5 Å². The SMILES string of the molecule is CCOc1ccc(C(CC(=O)N2CCOCC2)Nc2ccc(OC)cc2)cc1. The van der Waals surface area contributed by atoms with E-state index in [0.29, 0.717) is 39.3 Å². The number of hydrogen-bond acceptors (Lipinski definition) is 5. The lowest BCUT2D eigenvalue weighted by Crippen LogP contribution is -2.41.